The van der Waals surface area contributed by atoms with Crippen molar-refractivity contribution in [2.45, 2.75) is 18.4 Å². The van der Waals surface area contributed by atoms with Gasteiger partial charge in [0.1, 0.15) is 0 Å². The normalized spacial score (nSPS) is 24.4. The van der Waals surface area contributed by atoms with Gasteiger partial charge in [0, 0.05) is 32.8 Å². The lowest BCUT2D eigenvalue weighted by atomic mass is 9.90. The van der Waals surface area contributed by atoms with Crippen molar-refractivity contribution >= 4 is 6.03 Å². The Morgan fingerprint density at radius 3 is 2.35 bits per heavy atom. The third-order valence-electron chi connectivity index (χ3n) is 3.51. The molecule has 6 nitrogen and oxygen atoms in total. The Kier molecular flexibility index (Phi) is 4.20. The van der Waals surface area contributed by atoms with Crippen molar-refractivity contribution in [2.75, 3.05) is 46.1 Å². The highest BCUT2D eigenvalue weighted by atomic mass is 16.5. The fourth-order valence-corrected chi connectivity index (χ4v) is 2.21. The number of morpholine rings is 1. The van der Waals surface area contributed by atoms with E-state index in [9.17, 15) is 4.79 Å². The molecule has 0 saturated carbocycles. The SMILES string of the molecule is NCC1(NC(=O)N2CCOCC2)CCOCC1. The summed E-state index contributed by atoms with van der Waals surface area (Å²) in [6.07, 6.45) is 1.58. The Morgan fingerprint density at radius 2 is 1.76 bits per heavy atom. The summed E-state index contributed by atoms with van der Waals surface area (Å²) < 4.78 is 10.5. The molecule has 98 valence electrons. The number of nitrogens with one attached hydrogen (secondary N) is 1. The van der Waals surface area contributed by atoms with E-state index in [1.807, 2.05) is 0 Å². The molecule has 2 saturated heterocycles. The standard InChI is InChI=1S/C11H21N3O3/c12-9-11(1-5-16-6-2-11)13-10(15)14-3-7-17-8-4-14/h1-9,12H2,(H,13,15). The van der Waals surface area contributed by atoms with E-state index in [2.05, 4.69) is 5.32 Å². The molecule has 0 aliphatic carbocycles. The van der Waals surface area contributed by atoms with Crippen LogP contribution >= 0.6 is 0 Å². The molecule has 2 heterocycles. The van der Waals surface area contributed by atoms with Crippen molar-refractivity contribution < 1.29 is 14.3 Å². The Bertz CT molecular complexity index is 261. The van der Waals surface area contributed by atoms with E-state index in [1.165, 1.54) is 0 Å². The molecule has 0 aromatic carbocycles. The van der Waals surface area contributed by atoms with E-state index in [1.54, 1.807) is 4.90 Å². The second-order valence-corrected chi connectivity index (χ2v) is 4.63. The van der Waals surface area contributed by atoms with Crippen LogP contribution in [0.15, 0.2) is 0 Å². The molecule has 2 amide bonds. The summed E-state index contributed by atoms with van der Waals surface area (Å²) in [6, 6.07) is -0.0272. The van der Waals surface area contributed by atoms with Gasteiger partial charge in [-0.05, 0) is 12.8 Å². The summed E-state index contributed by atoms with van der Waals surface area (Å²) in [5, 5.41) is 3.08. The van der Waals surface area contributed by atoms with Crippen molar-refractivity contribution in [1.29, 1.82) is 0 Å². The number of rotatable bonds is 2. The van der Waals surface area contributed by atoms with Crippen LogP contribution < -0.4 is 11.1 Å². The summed E-state index contributed by atoms with van der Waals surface area (Å²) >= 11 is 0. The lowest BCUT2D eigenvalue weighted by Crippen LogP contribution is -2.60. The molecule has 0 aromatic heterocycles. The van der Waals surface area contributed by atoms with E-state index in [-0.39, 0.29) is 11.6 Å². The molecule has 0 bridgehead atoms. The van der Waals surface area contributed by atoms with Crippen LogP contribution in [0.3, 0.4) is 0 Å². The summed E-state index contributed by atoms with van der Waals surface area (Å²) in [5.41, 5.74) is 5.52. The summed E-state index contributed by atoms with van der Waals surface area (Å²) in [4.78, 5) is 13.9. The van der Waals surface area contributed by atoms with Gasteiger partial charge < -0.3 is 25.4 Å². The van der Waals surface area contributed by atoms with Crippen molar-refractivity contribution in [1.82, 2.24) is 10.2 Å². The molecule has 0 unspecified atom stereocenters. The van der Waals surface area contributed by atoms with Crippen LogP contribution in [0, 0.1) is 0 Å². The van der Waals surface area contributed by atoms with Gasteiger partial charge in [0.05, 0.1) is 18.8 Å². The maximum atomic E-state index is 12.1. The van der Waals surface area contributed by atoms with Gasteiger partial charge >= 0.3 is 6.03 Å². The van der Waals surface area contributed by atoms with E-state index >= 15 is 0 Å². The second kappa shape index (κ2) is 5.66. The second-order valence-electron chi connectivity index (χ2n) is 4.63. The third-order valence-corrected chi connectivity index (χ3v) is 3.51. The molecular formula is C11H21N3O3. The monoisotopic (exact) mass is 243 g/mol. The molecule has 0 aromatic rings. The number of hydrogen-bond acceptors (Lipinski definition) is 4. The fraction of sp³-hybridized carbons (Fsp3) is 0.909. The van der Waals surface area contributed by atoms with E-state index in [4.69, 9.17) is 15.2 Å². The third kappa shape index (κ3) is 3.08. The highest BCUT2D eigenvalue weighted by Gasteiger charge is 2.34. The number of amides is 2. The van der Waals surface area contributed by atoms with Crippen LogP contribution in [0.2, 0.25) is 0 Å². The molecule has 3 N–H and O–H groups in total. The van der Waals surface area contributed by atoms with E-state index in [0.717, 1.165) is 12.8 Å². The van der Waals surface area contributed by atoms with Crippen LogP contribution in [0.25, 0.3) is 0 Å². The number of carbonyl (C=O) groups is 1. The Hall–Kier alpha value is -0.850. The smallest absolute Gasteiger partial charge is 0.318 e. The van der Waals surface area contributed by atoms with Crippen molar-refractivity contribution in [3.8, 4) is 0 Å². The van der Waals surface area contributed by atoms with Crippen molar-refractivity contribution in [3.63, 3.8) is 0 Å². The van der Waals surface area contributed by atoms with Gasteiger partial charge in [0.15, 0.2) is 0 Å². The topological polar surface area (TPSA) is 76.8 Å². The summed E-state index contributed by atoms with van der Waals surface area (Å²) in [6.45, 7) is 4.35. The number of urea groups is 1. The lowest BCUT2D eigenvalue weighted by Gasteiger charge is -2.39. The highest BCUT2D eigenvalue weighted by Crippen LogP contribution is 2.19. The predicted octanol–water partition coefficient (Wildman–Crippen LogP) is -0.464. The molecule has 2 rings (SSSR count). The highest BCUT2D eigenvalue weighted by molar-refractivity contribution is 5.75. The van der Waals surface area contributed by atoms with Crippen molar-refractivity contribution in [3.05, 3.63) is 0 Å². The van der Waals surface area contributed by atoms with Crippen molar-refractivity contribution in [2.24, 2.45) is 5.73 Å². The summed E-state index contributed by atoms with van der Waals surface area (Å²) in [7, 11) is 0. The molecule has 2 aliphatic heterocycles. The van der Waals surface area contributed by atoms with Crippen LogP contribution in [0.4, 0.5) is 4.79 Å². The fourth-order valence-electron chi connectivity index (χ4n) is 2.21. The minimum absolute atomic E-state index is 0.0272. The molecule has 0 spiro atoms. The van der Waals surface area contributed by atoms with Gasteiger partial charge in [-0.15, -0.1) is 0 Å². The van der Waals surface area contributed by atoms with E-state index in [0.29, 0.717) is 46.1 Å². The number of hydrogen-bond donors (Lipinski definition) is 2. The molecule has 2 fully saturated rings. The minimum Gasteiger partial charge on any atom is -0.381 e. The molecule has 6 heteroatoms. The summed E-state index contributed by atoms with van der Waals surface area (Å²) in [5.74, 6) is 0. The van der Waals surface area contributed by atoms with Gasteiger partial charge in [-0.2, -0.15) is 0 Å². The quantitative estimate of drug-likeness (QED) is 0.688. The average molecular weight is 243 g/mol. The molecule has 2 aliphatic rings. The first-order valence-corrected chi connectivity index (χ1v) is 6.18. The molecular weight excluding hydrogens is 222 g/mol. The van der Waals surface area contributed by atoms with Crippen LogP contribution in [-0.2, 0) is 9.47 Å². The zero-order chi connectivity index (χ0) is 12.1. The first kappa shape index (κ1) is 12.6. The number of carbonyl (C=O) groups excluding carboxylic acids is 1. The van der Waals surface area contributed by atoms with Gasteiger partial charge in [-0.25, -0.2) is 4.79 Å². The largest absolute Gasteiger partial charge is 0.381 e. The first-order valence-electron chi connectivity index (χ1n) is 6.18. The molecule has 0 radical (unpaired) electrons. The van der Waals surface area contributed by atoms with Gasteiger partial charge in [0.2, 0.25) is 0 Å². The number of nitrogens with two attached hydrogens (primary N) is 1. The molecule has 0 atom stereocenters. The van der Waals surface area contributed by atoms with Crippen LogP contribution in [0.5, 0.6) is 0 Å². The zero-order valence-corrected chi connectivity index (χ0v) is 10.1. The van der Waals surface area contributed by atoms with Gasteiger partial charge in [0.25, 0.3) is 0 Å². The van der Waals surface area contributed by atoms with Crippen LogP contribution in [0.1, 0.15) is 12.8 Å². The van der Waals surface area contributed by atoms with Gasteiger partial charge in [-0.1, -0.05) is 0 Å². The Labute approximate surface area is 101 Å². The molecule has 17 heavy (non-hydrogen) atoms. The maximum absolute atomic E-state index is 12.1. The minimum atomic E-state index is -0.284. The maximum Gasteiger partial charge on any atom is 0.318 e. The first-order chi connectivity index (χ1) is 8.26. The zero-order valence-electron chi connectivity index (χ0n) is 10.1. The Balaban J connectivity index is 1.90. The van der Waals surface area contributed by atoms with Crippen LogP contribution in [-0.4, -0.2) is 62.5 Å². The Morgan fingerprint density at radius 1 is 1.18 bits per heavy atom. The van der Waals surface area contributed by atoms with Gasteiger partial charge in [-0.3, -0.25) is 0 Å². The number of ether oxygens (including phenoxy) is 2. The lowest BCUT2D eigenvalue weighted by molar-refractivity contribution is 0.0318. The van der Waals surface area contributed by atoms with E-state index < -0.39 is 0 Å². The average Bonchev–Trinajstić information content (AvgIpc) is 2.41. The predicted molar refractivity (Wildman–Crippen MR) is 62.8 cm³/mol. The number of nitrogens with zero attached hydrogens (tertiary/aromatic N) is 1.